The first-order valence-corrected chi connectivity index (χ1v) is 10.9. The van der Waals surface area contributed by atoms with Gasteiger partial charge in [-0.25, -0.2) is 4.39 Å². The van der Waals surface area contributed by atoms with Gasteiger partial charge in [-0.1, -0.05) is 18.2 Å². The number of fused-ring (bicyclic) bond motifs is 5. The lowest BCUT2D eigenvalue weighted by Crippen LogP contribution is -2.63. The first-order valence-electron chi connectivity index (χ1n) is 10.9. The van der Waals surface area contributed by atoms with Crippen LogP contribution in [0.2, 0.25) is 0 Å². The largest absolute Gasteiger partial charge is 0.466 e. The number of ether oxygens (including phenoxy) is 1. The van der Waals surface area contributed by atoms with Crippen LogP contribution in [0.3, 0.4) is 0 Å². The fourth-order valence-corrected chi connectivity index (χ4v) is 6.08. The van der Waals surface area contributed by atoms with E-state index >= 15 is 0 Å². The summed E-state index contributed by atoms with van der Waals surface area (Å²) in [5.41, 5.74) is -4.53. The number of nitrogens with zero attached hydrogens (tertiary/aromatic N) is 2. The van der Waals surface area contributed by atoms with Gasteiger partial charge in [-0.2, -0.15) is 13.2 Å². The Balaban J connectivity index is 1.97. The number of esters is 1. The minimum atomic E-state index is -5.06. The van der Waals surface area contributed by atoms with E-state index in [1.165, 1.54) is 45.3 Å². The van der Waals surface area contributed by atoms with Crippen molar-refractivity contribution in [3.8, 4) is 0 Å². The molecule has 2 aromatic carbocycles. The van der Waals surface area contributed by atoms with Gasteiger partial charge in [0.2, 0.25) is 5.91 Å². The Kier molecular flexibility index (Phi) is 4.83. The van der Waals surface area contributed by atoms with Crippen LogP contribution in [0.5, 0.6) is 0 Å². The average Bonchev–Trinajstić information content (AvgIpc) is 3.33. The summed E-state index contributed by atoms with van der Waals surface area (Å²) in [6.07, 6.45) is -5.06. The minimum Gasteiger partial charge on any atom is -0.466 e. The average molecular weight is 491 g/mol. The number of anilines is 2. The SMILES string of the molecule is CCOC(=O)[C@H]1[C@H](C(F)(F)F)N[C@@]2(C(=O)N(C)c3ccccc32)[C@]12C(=O)N(C)c1ccc(F)cc12. The molecule has 5 rings (SSSR count). The fourth-order valence-electron chi connectivity index (χ4n) is 6.08. The molecule has 7 nitrogen and oxygen atoms in total. The van der Waals surface area contributed by atoms with Crippen LogP contribution in [0.4, 0.5) is 28.9 Å². The Morgan fingerprint density at radius 3 is 2.31 bits per heavy atom. The molecule has 3 aliphatic heterocycles. The Labute approximate surface area is 197 Å². The van der Waals surface area contributed by atoms with Crippen molar-refractivity contribution in [1.82, 2.24) is 5.32 Å². The molecular formula is C24H21F4N3O4. The summed E-state index contributed by atoms with van der Waals surface area (Å²) in [4.78, 5) is 43.6. The number of amides is 2. The van der Waals surface area contributed by atoms with Crippen LogP contribution in [-0.2, 0) is 30.1 Å². The second kappa shape index (κ2) is 7.27. The zero-order valence-corrected chi connectivity index (χ0v) is 18.9. The molecule has 1 fully saturated rings. The van der Waals surface area contributed by atoms with Crippen molar-refractivity contribution in [2.45, 2.75) is 30.1 Å². The molecule has 0 aromatic heterocycles. The Morgan fingerprint density at radius 2 is 1.66 bits per heavy atom. The predicted molar refractivity (Wildman–Crippen MR) is 116 cm³/mol. The third-order valence-electron chi connectivity index (χ3n) is 7.34. The fraction of sp³-hybridized carbons (Fsp3) is 0.375. The lowest BCUT2D eigenvalue weighted by molar-refractivity contribution is -0.179. The highest BCUT2D eigenvalue weighted by Crippen LogP contribution is 2.65. The zero-order valence-electron chi connectivity index (χ0n) is 18.9. The highest BCUT2D eigenvalue weighted by Gasteiger charge is 2.82. The standard InChI is InChI=1S/C24H21F4N3O4/c1-4-35-19(32)17-18(24(26,27)28)29-23(13-7-5-6-8-15(13)31(3)21(23)34)22(17)14-11-12(25)9-10-16(14)30(2)20(22)33/h5-11,17-18,29H,4H2,1-3H3/t17-,18-,22+,23+/m1/s1. The number of halogens is 4. The molecule has 2 amide bonds. The molecule has 35 heavy (non-hydrogen) atoms. The van der Waals surface area contributed by atoms with Crippen LogP contribution >= 0.6 is 0 Å². The maximum atomic E-state index is 14.6. The van der Waals surface area contributed by atoms with Gasteiger partial charge in [-0.05, 0) is 36.8 Å². The molecular weight excluding hydrogens is 470 g/mol. The molecule has 0 unspecified atom stereocenters. The smallest absolute Gasteiger partial charge is 0.404 e. The van der Waals surface area contributed by atoms with E-state index in [4.69, 9.17) is 4.74 Å². The molecule has 184 valence electrons. The molecule has 0 radical (unpaired) electrons. The van der Waals surface area contributed by atoms with Crippen LogP contribution in [0.25, 0.3) is 0 Å². The normalized spacial score (nSPS) is 29.3. The van der Waals surface area contributed by atoms with E-state index in [1.807, 2.05) is 0 Å². The number of likely N-dealkylation sites (N-methyl/N-ethyl adjacent to an activating group) is 2. The quantitative estimate of drug-likeness (QED) is 0.516. The molecule has 1 saturated heterocycles. The Bertz CT molecular complexity index is 1280. The second-order valence-corrected chi connectivity index (χ2v) is 8.86. The highest BCUT2D eigenvalue weighted by atomic mass is 19.4. The van der Waals surface area contributed by atoms with E-state index in [0.29, 0.717) is 0 Å². The van der Waals surface area contributed by atoms with E-state index in [2.05, 4.69) is 5.32 Å². The number of rotatable bonds is 2. The summed E-state index contributed by atoms with van der Waals surface area (Å²) >= 11 is 0. The van der Waals surface area contributed by atoms with Gasteiger partial charge in [0.25, 0.3) is 5.91 Å². The van der Waals surface area contributed by atoms with Gasteiger partial charge in [-0.15, -0.1) is 0 Å². The zero-order chi connectivity index (χ0) is 25.5. The molecule has 11 heteroatoms. The van der Waals surface area contributed by atoms with Crippen molar-refractivity contribution in [2.24, 2.45) is 5.92 Å². The maximum absolute atomic E-state index is 14.6. The number of alkyl halides is 3. The molecule has 3 aliphatic rings. The molecule has 0 saturated carbocycles. The maximum Gasteiger partial charge on any atom is 0.404 e. The number of hydrogen-bond donors (Lipinski definition) is 1. The number of nitrogens with one attached hydrogen (secondary N) is 1. The highest BCUT2D eigenvalue weighted by molar-refractivity contribution is 6.20. The van der Waals surface area contributed by atoms with Crippen molar-refractivity contribution in [1.29, 1.82) is 0 Å². The van der Waals surface area contributed by atoms with Gasteiger partial charge in [0.05, 0.1) is 6.61 Å². The monoisotopic (exact) mass is 491 g/mol. The molecule has 2 spiro atoms. The van der Waals surface area contributed by atoms with Crippen LogP contribution < -0.4 is 15.1 Å². The Hall–Kier alpha value is -3.47. The van der Waals surface area contributed by atoms with E-state index in [9.17, 15) is 31.9 Å². The number of carbonyl (C=O) groups is 3. The summed E-state index contributed by atoms with van der Waals surface area (Å²) in [6, 6.07) is 6.72. The first-order chi connectivity index (χ1) is 16.4. The summed E-state index contributed by atoms with van der Waals surface area (Å²) in [5.74, 6) is -6.14. The second-order valence-electron chi connectivity index (χ2n) is 8.86. The van der Waals surface area contributed by atoms with Crippen LogP contribution in [0, 0.1) is 11.7 Å². The first kappa shape index (κ1) is 23.3. The van der Waals surface area contributed by atoms with Gasteiger partial charge < -0.3 is 14.5 Å². The molecule has 4 atom stereocenters. The van der Waals surface area contributed by atoms with Crippen molar-refractivity contribution in [3.63, 3.8) is 0 Å². The van der Waals surface area contributed by atoms with Crippen LogP contribution in [0.1, 0.15) is 18.1 Å². The Morgan fingerprint density at radius 1 is 1.03 bits per heavy atom. The minimum absolute atomic E-state index is 0.0902. The number of hydrogen-bond acceptors (Lipinski definition) is 5. The summed E-state index contributed by atoms with van der Waals surface area (Å²) in [6.45, 7) is 1.17. The van der Waals surface area contributed by atoms with E-state index in [1.54, 1.807) is 6.07 Å². The molecule has 1 N–H and O–H groups in total. The van der Waals surface area contributed by atoms with Gasteiger partial charge in [0, 0.05) is 31.0 Å². The van der Waals surface area contributed by atoms with Crippen LogP contribution in [0.15, 0.2) is 42.5 Å². The van der Waals surface area contributed by atoms with E-state index < -0.39 is 52.7 Å². The van der Waals surface area contributed by atoms with Crippen molar-refractivity contribution < 1.29 is 36.7 Å². The molecule has 0 bridgehead atoms. The van der Waals surface area contributed by atoms with Gasteiger partial charge in [0.15, 0.2) is 0 Å². The van der Waals surface area contributed by atoms with Crippen molar-refractivity contribution in [2.75, 3.05) is 30.5 Å². The number of benzene rings is 2. The summed E-state index contributed by atoms with van der Waals surface area (Å²) < 4.78 is 63.4. The summed E-state index contributed by atoms with van der Waals surface area (Å²) in [7, 11) is 2.70. The lowest BCUT2D eigenvalue weighted by atomic mass is 9.58. The third-order valence-corrected chi connectivity index (χ3v) is 7.34. The predicted octanol–water partition coefficient (Wildman–Crippen LogP) is 2.63. The topological polar surface area (TPSA) is 79.0 Å². The summed E-state index contributed by atoms with van der Waals surface area (Å²) in [5, 5.41) is 2.39. The van der Waals surface area contributed by atoms with Gasteiger partial charge in [0.1, 0.15) is 28.7 Å². The third kappa shape index (κ3) is 2.61. The molecule has 0 aliphatic carbocycles. The van der Waals surface area contributed by atoms with Crippen molar-refractivity contribution >= 4 is 29.2 Å². The molecule has 3 heterocycles. The lowest BCUT2D eigenvalue weighted by Gasteiger charge is -2.40. The molecule has 2 aromatic rings. The number of carbonyl (C=O) groups excluding carboxylic acids is 3. The van der Waals surface area contributed by atoms with Crippen LogP contribution in [-0.4, -0.2) is 50.7 Å². The van der Waals surface area contributed by atoms with E-state index in [0.717, 1.165) is 21.9 Å². The van der Waals surface area contributed by atoms with Gasteiger partial charge >= 0.3 is 12.1 Å². The number of para-hydroxylation sites is 1. The van der Waals surface area contributed by atoms with E-state index in [-0.39, 0.29) is 29.1 Å². The van der Waals surface area contributed by atoms with Gasteiger partial charge in [-0.3, -0.25) is 19.7 Å². The van der Waals surface area contributed by atoms with Crippen molar-refractivity contribution in [3.05, 3.63) is 59.4 Å².